The van der Waals surface area contributed by atoms with E-state index in [1.54, 1.807) is 0 Å². The van der Waals surface area contributed by atoms with E-state index in [0.717, 1.165) is 54.2 Å². The van der Waals surface area contributed by atoms with Gasteiger partial charge < -0.3 is 10.2 Å². The van der Waals surface area contributed by atoms with E-state index in [1.807, 2.05) is 30.5 Å². The summed E-state index contributed by atoms with van der Waals surface area (Å²) < 4.78 is 0. The highest BCUT2D eigenvalue weighted by atomic mass is 35.5. The first-order valence-electron chi connectivity index (χ1n) is 7.25. The van der Waals surface area contributed by atoms with E-state index < -0.39 is 0 Å². The van der Waals surface area contributed by atoms with Gasteiger partial charge in [0.2, 0.25) is 0 Å². The summed E-state index contributed by atoms with van der Waals surface area (Å²) in [5.41, 5.74) is 0. The average molecular weight is 292 g/mol. The van der Waals surface area contributed by atoms with E-state index >= 15 is 0 Å². The summed E-state index contributed by atoms with van der Waals surface area (Å²) in [6, 6.07) is 7.91. The van der Waals surface area contributed by atoms with E-state index in [1.165, 1.54) is 0 Å². The smallest absolute Gasteiger partial charge is 0.133 e. The van der Waals surface area contributed by atoms with E-state index in [4.69, 9.17) is 11.6 Å². The molecule has 0 unspecified atom stereocenters. The first-order valence-corrected chi connectivity index (χ1v) is 7.63. The van der Waals surface area contributed by atoms with Crippen LogP contribution in [0.5, 0.6) is 0 Å². The third kappa shape index (κ3) is 3.84. The molecular formula is C16H22ClN3. The highest BCUT2D eigenvalue weighted by molar-refractivity contribution is 6.31. The van der Waals surface area contributed by atoms with Crippen molar-refractivity contribution in [2.45, 2.75) is 20.3 Å². The summed E-state index contributed by atoms with van der Waals surface area (Å²) in [6.07, 6.45) is 2.95. The van der Waals surface area contributed by atoms with Gasteiger partial charge in [0.15, 0.2) is 0 Å². The number of hydrogen-bond acceptors (Lipinski definition) is 3. The number of aromatic nitrogens is 1. The molecule has 0 aliphatic heterocycles. The molecule has 108 valence electrons. The number of rotatable bonds is 7. The molecule has 0 aliphatic rings. The Morgan fingerprint density at radius 2 is 2.00 bits per heavy atom. The Kier molecular flexibility index (Phi) is 5.62. The third-order valence-corrected chi connectivity index (χ3v) is 3.80. The Balaban J connectivity index is 1.98. The van der Waals surface area contributed by atoms with Gasteiger partial charge in [-0.15, -0.1) is 0 Å². The minimum atomic E-state index is 0.747. The molecule has 1 N–H and O–H groups in total. The van der Waals surface area contributed by atoms with Crippen molar-refractivity contribution in [2.24, 2.45) is 0 Å². The van der Waals surface area contributed by atoms with E-state index in [0.29, 0.717) is 0 Å². The predicted molar refractivity (Wildman–Crippen MR) is 87.6 cm³/mol. The van der Waals surface area contributed by atoms with Crippen molar-refractivity contribution < 1.29 is 0 Å². The standard InChI is InChI=1S/C16H22ClN3/c1-3-20(4-2)11-5-9-18-16-15-12-14(17)7-6-13(15)8-10-19-16/h6-8,10,12H,3-5,9,11H2,1-2H3,(H,18,19). The molecule has 0 bridgehead atoms. The van der Waals surface area contributed by atoms with Crippen molar-refractivity contribution in [1.29, 1.82) is 0 Å². The van der Waals surface area contributed by atoms with Gasteiger partial charge in [-0.25, -0.2) is 4.98 Å². The largest absolute Gasteiger partial charge is 0.370 e. The molecule has 2 aromatic rings. The molecular weight excluding hydrogens is 270 g/mol. The molecule has 1 aromatic heterocycles. The molecule has 0 radical (unpaired) electrons. The van der Waals surface area contributed by atoms with Crippen LogP contribution in [-0.4, -0.2) is 36.1 Å². The van der Waals surface area contributed by atoms with Crippen molar-refractivity contribution in [3.8, 4) is 0 Å². The number of nitrogens with one attached hydrogen (secondary N) is 1. The topological polar surface area (TPSA) is 28.2 Å². The van der Waals surface area contributed by atoms with Gasteiger partial charge in [-0.1, -0.05) is 31.5 Å². The maximum Gasteiger partial charge on any atom is 0.133 e. The molecule has 4 heteroatoms. The summed E-state index contributed by atoms with van der Waals surface area (Å²) in [5.74, 6) is 0.921. The van der Waals surface area contributed by atoms with Gasteiger partial charge in [0.1, 0.15) is 5.82 Å². The number of benzene rings is 1. The summed E-state index contributed by atoms with van der Waals surface area (Å²) in [6.45, 7) is 8.66. The zero-order valence-corrected chi connectivity index (χ0v) is 13.0. The Morgan fingerprint density at radius 1 is 1.20 bits per heavy atom. The van der Waals surface area contributed by atoms with Crippen molar-refractivity contribution in [3.05, 3.63) is 35.5 Å². The van der Waals surface area contributed by atoms with Gasteiger partial charge in [-0.2, -0.15) is 0 Å². The highest BCUT2D eigenvalue weighted by Crippen LogP contribution is 2.24. The fourth-order valence-corrected chi connectivity index (χ4v) is 2.50. The molecule has 0 saturated carbocycles. The minimum absolute atomic E-state index is 0.747. The quantitative estimate of drug-likeness (QED) is 0.781. The molecule has 0 atom stereocenters. The average Bonchev–Trinajstić information content (AvgIpc) is 2.47. The lowest BCUT2D eigenvalue weighted by Crippen LogP contribution is -2.25. The van der Waals surface area contributed by atoms with Crippen LogP contribution in [0, 0.1) is 0 Å². The molecule has 20 heavy (non-hydrogen) atoms. The molecule has 1 heterocycles. The Hall–Kier alpha value is -1.32. The van der Waals surface area contributed by atoms with Gasteiger partial charge in [-0.05, 0) is 49.6 Å². The lowest BCUT2D eigenvalue weighted by molar-refractivity contribution is 0.303. The Bertz CT molecular complexity index is 552. The fraction of sp³-hybridized carbons (Fsp3) is 0.438. The Labute approximate surface area is 126 Å². The number of anilines is 1. The van der Waals surface area contributed by atoms with Crippen LogP contribution in [0.3, 0.4) is 0 Å². The fourth-order valence-electron chi connectivity index (χ4n) is 2.33. The molecule has 2 rings (SSSR count). The van der Waals surface area contributed by atoms with E-state index in [2.05, 4.69) is 29.0 Å². The number of halogens is 1. The molecule has 0 fully saturated rings. The molecule has 0 saturated heterocycles. The second-order valence-electron chi connectivity index (χ2n) is 4.83. The summed E-state index contributed by atoms with van der Waals surface area (Å²) in [7, 11) is 0. The maximum absolute atomic E-state index is 6.07. The zero-order valence-electron chi connectivity index (χ0n) is 12.2. The number of nitrogens with zero attached hydrogens (tertiary/aromatic N) is 2. The molecule has 0 spiro atoms. The van der Waals surface area contributed by atoms with Crippen LogP contribution >= 0.6 is 11.6 Å². The zero-order chi connectivity index (χ0) is 14.4. The summed E-state index contributed by atoms with van der Waals surface area (Å²) in [4.78, 5) is 6.85. The van der Waals surface area contributed by atoms with Gasteiger partial charge in [0, 0.05) is 23.2 Å². The van der Waals surface area contributed by atoms with Crippen LogP contribution in [0.25, 0.3) is 10.8 Å². The SMILES string of the molecule is CCN(CC)CCCNc1nccc2ccc(Cl)cc12. The van der Waals surface area contributed by atoms with Gasteiger partial charge >= 0.3 is 0 Å². The lowest BCUT2D eigenvalue weighted by Gasteiger charge is -2.18. The van der Waals surface area contributed by atoms with Crippen LogP contribution in [0.4, 0.5) is 5.82 Å². The molecule has 1 aromatic carbocycles. The second kappa shape index (κ2) is 7.46. The van der Waals surface area contributed by atoms with Crippen molar-refractivity contribution in [2.75, 3.05) is 31.5 Å². The van der Waals surface area contributed by atoms with Crippen molar-refractivity contribution in [1.82, 2.24) is 9.88 Å². The van der Waals surface area contributed by atoms with Gasteiger partial charge in [0.25, 0.3) is 0 Å². The molecule has 3 nitrogen and oxygen atoms in total. The van der Waals surface area contributed by atoms with Gasteiger partial charge in [0.05, 0.1) is 0 Å². The normalized spacial score (nSPS) is 11.2. The maximum atomic E-state index is 6.07. The van der Waals surface area contributed by atoms with Crippen LogP contribution in [-0.2, 0) is 0 Å². The monoisotopic (exact) mass is 291 g/mol. The van der Waals surface area contributed by atoms with Crippen LogP contribution in [0.1, 0.15) is 20.3 Å². The van der Waals surface area contributed by atoms with Crippen LogP contribution < -0.4 is 5.32 Å². The van der Waals surface area contributed by atoms with Gasteiger partial charge in [-0.3, -0.25) is 0 Å². The number of hydrogen-bond donors (Lipinski definition) is 1. The predicted octanol–water partition coefficient (Wildman–Crippen LogP) is 4.03. The number of fused-ring (bicyclic) bond motifs is 1. The highest BCUT2D eigenvalue weighted by Gasteiger charge is 2.03. The first-order chi connectivity index (χ1) is 9.74. The van der Waals surface area contributed by atoms with E-state index in [9.17, 15) is 0 Å². The number of pyridine rings is 1. The van der Waals surface area contributed by atoms with E-state index in [-0.39, 0.29) is 0 Å². The van der Waals surface area contributed by atoms with Crippen molar-refractivity contribution >= 4 is 28.2 Å². The molecule has 0 aliphatic carbocycles. The molecule has 0 amide bonds. The minimum Gasteiger partial charge on any atom is -0.370 e. The van der Waals surface area contributed by atoms with Crippen LogP contribution in [0.15, 0.2) is 30.5 Å². The van der Waals surface area contributed by atoms with Crippen LogP contribution in [0.2, 0.25) is 5.02 Å². The lowest BCUT2D eigenvalue weighted by atomic mass is 10.1. The summed E-state index contributed by atoms with van der Waals surface area (Å²) >= 11 is 6.07. The Morgan fingerprint density at radius 3 is 2.75 bits per heavy atom. The third-order valence-electron chi connectivity index (χ3n) is 3.57. The first kappa shape index (κ1) is 15.1. The van der Waals surface area contributed by atoms with Crippen molar-refractivity contribution in [3.63, 3.8) is 0 Å². The summed E-state index contributed by atoms with van der Waals surface area (Å²) in [5, 5.41) is 6.42. The second-order valence-corrected chi connectivity index (χ2v) is 5.27.